The Morgan fingerprint density at radius 2 is 1.95 bits per heavy atom. The number of nitrogens with one attached hydrogen (secondary N) is 1. The summed E-state index contributed by atoms with van der Waals surface area (Å²) in [6, 6.07) is 11.5. The minimum atomic E-state index is -0.297. The molecule has 0 radical (unpaired) electrons. The van der Waals surface area contributed by atoms with Crippen LogP contribution in [-0.4, -0.2) is 5.91 Å². The third-order valence-corrected chi connectivity index (χ3v) is 3.73. The molecule has 2 aromatic carbocycles. The lowest BCUT2D eigenvalue weighted by Crippen LogP contribution is -2.12. The Morgan fingerprint density at radius 1 is 1.20 bits per heavy atom. The monoisotopic (exact) mass is 368 g/mol. The van der Waals surface area contributed by atoms with Gasteiger partial charge in [0.2, 0.25) is 0 Å². The number of rotatable bonds is 2. The first-order valence-electron chi connectivity index (χ1n) is 5.47. The molecule has 1 N–H and O–H groups in total. The van der Waals surface area contributed by atoms with Gasteiger partial charge in [0, 0.05) is 15.2 Å². The molecule has 3 nitrogen and oxygen atoms in total. The number of amides is 1. The van der Waals surface area contributed by atoms with E-state index in [-0.39, 0.29) is 5.91 Å². The van der Waals surface area contributed by atoms with Crippen molar-refractivity contribution in [3.63, 3.8) is 0 Å². The molecule has 6 heteroatoms. The Kier molecular flexibility index (Phi) is 4.66. The van der Waals surface area contributed by atoms with Crippen molar-refractivity contribution in [2.24, 2.45) is 0 Å². The summed E-state index contributed by atoms with van der Waals surface area (Å²) in [5, 5.41) is 12.3. The van der Waals surface area contributed by atoms with Crippen molar-refractivity contribution in [1.82, 2.24) is 0 Å². The van der Waals surface area contributed by atoms with Crippen LogP contribution in [0, 0.1) is 11.3 Å². The molecule has 20 heavy (non-hydrogen) atoms. The zero-order chi connectivity index (χ0) is 14.7. The maximum atomic E-state index is 12.1. The van der Waals surface area contributed by atoms with Gasteiger partial charge in [-0.05, 0) is 52.3 Å². The normalized spacial score (nSPS) is 9.90. The molecule has 0 bridgehead atoms. The smallest absolute Gasteiger partial charge is 0.256 e. The SMILES string of the molecule is N#Cc1ccc(NC(=O)c2ccc(Cl)cc2Br)cc1Cl. The fourth-order valence-electron chi connectivity index (χ4n) is 1.56. The lowest BCUT2D eigenvalue weighted by atomic mass is 10.2. The minimum Gasteiger partial charge on any atom is -0.322 e. The summed E-state index contributed by atoms with van der Waals surface area (Å²) in [5.74, 6) is -0.297. The fourth-order valence-corrected chi connectivity index (χ4v) is 2.64. The predicted octanol–water partition coefficient (Wildman–Crippen LogP) is 4.88. The molecule has 1 amide bonds. The van der Waals surface area contributed by atoms with Crippen LogP contribution in [0.1, 0.15) is 15.9 Å². The van der Waals surface area contributed by atoms with Gasteiger partial charge < -0.3 is 5.32 Å². The molecule has 100 valence electrons. The van der Waals surface area contributed by atoms with Crippen molar-refractivity contribution in [3.05, 3.63) is 62.0 Å². The van der Waals surface area contributed by atoms with E-state index in [4.69, 9.17) is 28.5 Å². The van der Waals surface area contributed by atoms with Crippen LogP contribution in [-0.2, 0) is 0 Å². The van der Waals surface area contributed by atoms with E-state index < -0.39 is 0 Å². The lowest BCUT2D eigenvalue weighted by molar-refractivity contribution is 0.102. The third-order valence-electron chi connectivity index (χ3n) is 2.52. The van der Waals surface area contributed by atoms with Crippen LogP contribution in [0.4, 0.5) is 5.69 Å². The van der Waals surface area contributed by atoms with Crippen molar-refractivity contribution in [2.45, 2.75) is 0 Å². The van der Waals surface area contributed by atoms with Gasteiger partial charge in [-0.1, -0.05) is 23.2 Å². The predicted molar refractivity (Wildman–Crippen MR) is 83.3 cm³/mol. The molecule has 0 saturated heterocycles. The zero-order valence-corrected chi connectivity index (χ0v) is 13.1. The molecule has 0 aromatic heterocycles. The second-order valence-corrected chi connectivity index (χ2v) is 5.58. The molecule has 2 aromatic rings. The lowest BCUT2D eigenvalue weighted by Gasteiger charge is -2.08. The topological polar surface area (TPSA) is 52.9 Å². The van der Waals surface area contributed by atoms with Crippen LogP contribution in [0.5, 0.6) is 0 Å². The summed E-state index contributed by atoms with van der Waals surface area (Å²) in [6.45, 7) is 0. The Bertz CT molecular complexity index is 726. The highest BCUT2D eigenvalue weighted by Crippen LogP contribution is 2.24. The number of nitriles is 1. The Balaban J connectivity index is 2.24. The first-order chi connectivity index (χ1) is 9.51. The fraction of sp³-hybridized carbons (Fsp3) is 0. The van der Waals surface area contributed by atoms with Crippen LogP contribution < -0.4 is 5.32 Å². The standard InChI is InChI=1S/C14H7BrCl2N2O/c15-12-5-9(16)2-4-11(12)14(20)19-10-3-1-8(7-18)13(17)6-10/h1-6H,(H,19,20). The Labute approximate surface area is 134 Å². The molecule has 0 fully saturated rings. The summed E-state index contributed by atoms with van der Waals surface area (Å²) in [5.41, 5.74) is 1.33. The average Bonchev–Trinajstić information content (AvgIpc) is 2.38. The van der Waals surface area contributed by atoms with E-state index in [0.717, 1.165) is 0 Å². The minimum absolute atomic E-state index is 0.292. The van der Waals surface area contributed by atoms with E-state index in [9.17, 15) is 4.79 Å². The molecule has 0 saturated carbocycles. The number of anilines is 1. The van der Waals surface area contributed by atoms with Gasteiger partial charge in [0.05, 0.1) is 16.1 Å². The number of nitrogens with zero attached hydrogens (tertiary/aromatic N) is 1. The third kappa shape index (κ3) is 3.31. The summed E-state index contributed by atoms with van der Waals surface area (Å²) < 4.78 is 0.599. The van der Waals surface area contributed by atoms with Crippen molar-refractivity contribution >= 4 is 50.7 Å². The molecule has 0 aliphatic heterocycles. The van der Waals surface area contributed by atoms with E-state index in [0.29, 0.717) is 31.3 Å². The number of hydrogen-bond donors (Lipinski definition) is 1. The van der Waals surface area contributed by atoms with Gasteiger partial charge in [-0.3, -0.25) is 4.79 Å². The highest BCUT2D eigenvalue weighted by atomic mass is 79.9. The largest absolute Gasteiger partial charge is 0.322 e. The van der Waals surface area contributed by atoms with Crippen molar-refractivity contribution in [3.8, 4) is 6.07 Å². The van der Waals surface area contributed by atoms with Gasteiger partial charge in [-0.2, -0.15) is 5.26 Å². The molecule has 0 heterocycles. The van der Waals surface area contributed by atoms with Crippen LogP contribution in [0.2, 0.25) is 10.0 Å². The summed E-state index contributed by atoms with van der Waals surface area (Å²) in [4.78, 5) is 12.1. The van der Waals surface area contributed by atoms with Crippen molar-refractivity contribution < 1.29 is 4.79 Å². The van der Waals surface area contributed by atoms with Gasteiger partial charge in [0.15, 0.2) is 0 Å². The summed E-state index contributed by atoms with van der Waals surface area (Å²) >= 11 is 15.0. The van der Waals surface area contributed by atoms with Gasteiger partial charge in [0.1, 0.15) is 6.07 Å². The second kappa shape index (κ2) is 6.27. The van der Waals surface area contributed by atoms with E-state index in [2.05, 4.69) is 21.2 Å². The quantitative estimate of drug-likeness (QED) is 0.820. The zero-order valence-electron chi connectivity index (χ0n) is 9.95. The van der Waals surface area contributed by atoms with Crippen molar-refractivity contribution in [2.75, 3.05) is 5.32 Å². The summed E-state index contributed by atoms with van der Waals surface area (Å²) in [6.07, 6.45) is 0. The maximum absolute atomic E-state index is 12.1. The van der Waals surface area contributed by atoms with Gasteiger partial charge in [-0.15, -0.1) is 0 Å². The number of benzene rings is 2. The first kappa shape index (κ1) is 14.9. The Hall–Kier alpha value is -1.54. The first-order valence-corrected chi connectivity index (χ1v) is 7.02. The molecule has 0 aliphatic carbocycles. The molecular weight excluding hydrogens is 363 g/mol. The van der Waals surface area contributed by atoms with E-state index in [1.54, 1.807) is 30.3 Å². The Morgan fingerprint density at radius 3 is 2.55 bits per heavy atom. The van der Waals surface area contributed by atoms with Gasteiger partial charge >= 0.3 is 0 Å². The number of hydrogen-bond acceptors (Lipinski definition) is 2. The van der Waals surface area contributed by atoms with E-state index >= 15 is 0 Å². The number of halogens is 3. The van der Waals surface area contributed by atoms with Crippen molar-refractivity contribution in [1.29, 1.82) is 5.26 Å². The summed E-state index contributed by atoms with van der Waals surface area (Å²) in [7, 11) is 0. The van der Waals surface area contributed by atoms with Crippen LogP contribution in [0.3, 0.4) is 0 Å². The molecule has 0 spiro atoms. The molecule has 0 unspecified atom stereocenters. The van der Waals surface area contributed by atoms with Crippen LogP contribution in [0.25, 0.3) is 0 Å². The highest BCUT2D eigenvalue weighted by molar-refractivity contribution is 9.10. The average molecular weight is 370 g/mol. The highest BCUT2D eigenvalue weighted by Gasteiger charge is 2.11. The maximum Gasteiger partial charge on any atom is 0.256 e. The molecule has 0 atom stereocenters. The van der Waals surface area contributed by atoms with E-state index in [1.807, 2.05) is 6.07 Å². The van der Waals surface area contributed by atoms with Crippen LogP contribution in [0.15, 0.2) is 40.9 Å². The second-order valence-electron chi connectivity index (χ2n) is 3.88. The van der Waals surface area contributed by atoms with Crippen LogP contribution >= 0.6 is 39.1 Å². The number of carbonyl (C=O) groups is 1. The van der Waals surface area contributed by atoms with Gasteiger partial charge in [-0.25, -0.2) is 0 Å². The molecule has 0 aliphatic rings. The van der Waals surface area contributed by atoms with Gasteiger partial charge in [0.25, 0.3) is 5.91 Å². The molecule has 2 rings (SSSR count). The van der Waals surface area contributed by atoms with E-state index in [1.165, 1.54) is 6.07 Å². The molecular formula is C14H7BrCl2N2O. The number of carbonyl (C=O) groups excluding carboxylic acids is 1.